The third kappa shape index (κ3) is 3.24. The molecule has 2 saturated carbocycles. The molecule has 1 heteroatoms. The summed E-state index contributed by atoms with van der Waals surface area (Å²) in [7, 11) is 0. The molecule has 0 N–H and O–H groups in total. The minimum absolute atomic E-state index is 1.14. The predicted octanol–water partition coefficient (Wildman–Crippen LogP) is 3.81. The van der Waals surface area contributed by atoms with Gasteiger partial charge in [0.1, 0.15) is 0 Å². The molecule has 0 amide bonds. The van der Waals surface area contributed by atoms with Crippen molar-refractivity contribution in [2.45, 2.75) is 69.5 Å². The first-order valence-electron chi connectivity index (χ1n) is 7.42. The maximum atomic E-state index is 1.59. The lowest BCUT2D eigenvalue weighted by Gasteiger charge is -2.37. The van der Waals surface area contributed by atoms with E-state index in [0.29, 0.717) is 0 Å². The van der Waals surface area contributed by atoms with Gasteiger partial charge in [0.15, 0.2) is 0 Å². The van der Waals surface area contributed by atoms with Gasteiger partial charge >= 0.3 is 0 Å². The van der Waals surface area contributed by atoms with Gasteiger partial charge in [0.25, 0.3) is 0 Å². The molecule has 2 rings (SSSR count). The first kappa shape index (κ1) is 12.0. The lowest BCUT2D eigenvalue weighted by Crippen LogP contribution is -2.26. The van der Waals surface area contributed by atoms with Gasteiger partial charge in [-0.25, -0.2) is 0 Å². The Morgan fingerprint density at radius 2 is 1.13 bits per heavy atom. The van der Waals surface area contributed by atoms with Crippen LogP contribution in [0.2, 0.25) is 5.28 Å². The molecule has 0 aromatic rings. The highest BCUT2D eigenvalue weighted by atomic mass is 27.0. The van der Waals surface area contributed by atoms with Gasteiger partial charge in [0, 0.05) is 0 Å². The fourth-order valence-electron chi connectivity index (χ4n) is 4.18. The minimum Gasteiger partial charge on any atom is -0.0980 e. The summed E-state index contributed by atoms with van der Waals surface area (Å²) < 4.78 is 0. The zero-order valence-corrected chi connectivity index (χ0v) is 12.5. The van der Waals surface area contributed by atoms with Crippen LogP contribution in [0.1, 0.15) is 64.2 Å². The van der Waals surface area contributed by atoms with Gasteiger partial charge in [-0.05, 0) is 17.8 Å². The molecular formula is C14H27Al. The van der Waals surface area contributed by atoms with Crippen LogP contribution in [0.3, 0.4) is 0 Å². The lowest BCUT2D eigenvalue weighted by molar-refractivity contribution is 0.159. The van der Waals surface area contributed by atoms with Crippen LogP contribution in [-0.2, 0) is 0 Å². The maximum Gasteiger partial charge on any atom is 0.212 e. The summed E-state index contributed by atoms with van der Waals surface area (Å²) in [4.78, 5) is 0. The molecule has 15 heavy (non-hydrogen) atoms. The summed E-state index contributed by atoms with van der Waals surface area (Å²) in [5.74, 6) is 3.43. The second-order valence-electron chi connectivity index (χ2n) is 5.87. The normalized spacial score (nSPS) is 25.9. The molecule has 0 aliphatic heterocycles. The van der Waals surface area contributed by atoms with Gasteiger partial charge < -0.3 is 0 Å². The molecule has 2 aliphatic rings. The standard InChI is InChI=1S/C14H25.Al.2H/c1-12(13-8-4-2-5-9-13)14-10-6-3-7-11-14;;;/h12-14H,1-11H2;;;. The van der Waals surface area contributed by atoms with Crippen LogP contribution in [0.5, 0.6) is 0 Å². The molecule has 0 heterocycles. The monoisotopic (exact) mass is 222 g/mol. The van der Waals surface area contributed by atoms with Crippen LogP contribution >= 0.6 is 0 Å². The Morgan fingerprint density at radius 3 is 1.47 bits per heavy atom. The Kier molecular flexibility index (Phi) is 5.05. The summed E-state index contributed by atoms with van der Waals surface area (Å²) in [6.07, 6.45) is 15.5. The van der Waals surface area contributed by atoms with Gasteiger partial charge in [0.2, 0.25) is 16.3 Å². The van der Waals surface area contributed by atoms with Crippen molar-refractivity contribution in [2.75, 3.05) is 0 Å². The Morgan fingerprint density at radius 1 is 0.733 bits per heavy atom. The van der Waals surface area contributed by atoms with Crippen molar-refractivity contribution in [3.05, 3.63) is 0 Å². The maximum absolute atomic E-state index is 1.59. The second-order valence-corrected chi connectivity index (χ2v) is 6.68. The summed E-state index contributed by atoms with van der Waals surface area (Å²) in [5, 5.41) is 1.59. The predicted molar refractivity (Wildman–Crippen MR) is 70.0 cm³/mol. The Bertz CT molecular complexity index is 148. The highest BCUT2D eigenvalue weighted by Gasteiger charge is 2.29. The molecule has 2 aliphatic carbocycles. The molecule has 0 radical (unpaired) electrons. The average Bonchev–Trinajstić information content (AvgIpc) is 2.33. The highest BCUT2D eigenvalue weighted by molar-refractivity contribution is 6.08. The SMILES string of the molecule is [AlH2][CH2]C(C1CCCCC1)C1CCCCC1. The van der Waals surface area contributed by atoms with Crippen molar-refractivity contribution >= 4 is 16.3 Å². The van der Waals surface area contributed by atoms with E-state index in [9.17, 15) is 0 Å². The van der Waals surface area contributed by atoms with E-state index in [1.54, 1.807) is 31.0 Å². The van der Waals surface area contributed by atoms with E-state index in [4.69, 9.17) is 0 Å². The van der Waals surface area contributed by atoms with Crippen LogP contribution < -0.4 is 0 Å². The van der Waals surface area contributed by atoms with Gasteiger partial charge in [0.05, 0.1) is 0 Å². The van der Waals surface area contributed by atoms with E-state index < -0.39 is 0 Å². The van der Waals surface area contributed by atoms with E-state index in [-0.39, 0.29) is 0 Å². The third-order valence-corrected chi connectivity index (χ3v) is 5.92. The lowest BCUT2D eigenvalue weighted by atomic mass is 9.70. The Labute approximate surface area is 104 Å². The van der Waals surface area contributed by atoms with E-state index in [2.05, 4.69) is 0 Å². The molecule has 0 atom stereocenters. The summed E-state index contributed by atoms with van der Waals surface area (Å²) >= 11 is 1.44. The van der Waals surface area contributed by atoms with Crippen LogP contribution in [0.15, 0.2) is 0 Å². The molecule has 86 valence electrons. The topological polar surface area (TPSA) is 0 Å². The fraction of sp³-hybridized carbons (Fsp3) is 1.00. The van der Waals surface area contributed by atoms with Crippen molar-refractivity contribution in [1.29, 1.82) is 0 Å². The molecular weight excluding hydrogens is 195 g/mol. The van der Waals surface area contributed by atoms with Crippen LogP contribution in [0.25, 0.3) is 0 Å². The number of rotatable bonds is 3. The smallest absolute Gasteiger partial charge is 0.0980 e. The zero-order chi connectivity index (χ0) is 10.5. The van der Waals surface area contributed by atoms with Crippen molar-refractivity contribution in [1.82, 2.24) is 0 Å². The first-order chi connectivity index (χ1) is 7.42. The zero-order valence-electron chi connectivity index (χ0n) is 10.5. The summed E-state index contributed by atoms with van der Waals surface area (Å²) in [6.45, 7) is 0. The van der Waals surface area contributed by atoms with Crippen molar-refractivity contribution in [3.63, 3.8) is 0 Å². The molecule has 0 spiro atoms. The average molecular weight is 222 g/mol. The third-order valence-electron chi connectivity index (χ3n) is 4.98. The molecule has 0 unspecified atom stereocenters. The molecule has 2 fully saturated rings. The second kappa shape index (κ2) is 6.31. The van der Waals surface area contributed by atoms with E-state index in [1.807, 2.05) is 0 Å². The first-order valence-corrected chi connectivity index (χ1v) is 8.83. The van der Waals surface area contributed by atoms with Crippen LogP contribution in [0, 0.1) is 17.8 Å². The van der Waals surface area contributed by atoms with Gasteiger partial charge in [-0.15, -0.1) is 0 Å². The van der Waals surface area contributed by atoms with E-state index in [0.717, 1.165) is 17.8 Å². The summed E-state index contributed by atoms with van der Waals surface area (Å²) in [6, 6.07) is 0. The van der Waals surface area contributed by atoms with Crippen LogP contribution in [0.4, 0.5) is 0 Å². The Balaban J connectivity index is 1.88. The molecule has 0 aromatic heterocycles. The number of hydrogen-bond acceptors (Lipinski definition) is 0. The molecule has 0 saturated heterocycles. The van der Waals surface area contributed by atoms with Gasteiger partial charge in [-0.2, -0.15) is 0 Å². The van der Waals surface area contributed by atoms with Crippen LogP contribution in [-0.4, -0.2) is 16.3 Å². The van der Waals surface area contributed by atoms with Crippen molar-refractivity contribution in [2.24, 2.45) is 17.8 Å². The van der Waals surface area contributed by atoms with E-state index >= 15 is 0 Å². The van der Waals surface area contributed by atoms with Crippen molar-refractivity contribution in [3.8, 4) is 0 Å². The minimum atomic E-state index is 1.14. The molecule has 0 bridgehead atoms. The fourth-order valence-corrected chi connectivity index (χ4v) is 5.51. The number of hydrogen-bond donors (Lipinski definition) is 0. The summed E-state index contributed by atoms with van der Waals surface area (Å²) in [5.41, 5.74) is 0. The highest BCUT2D eigenvalue weighted by Crippen LogP contribution is 2.41. The van der Waals surface area contributed by atoms with Gasteiger partial charge in [-0.1, -0.05) is 69.5 Å². The van der Waals surface area contributed by atoms with Gasteiger partial charge in [-0.3, -0.25) is 0 Å². The van der Waals surface area contributed by atoms with E-state index in [1.165, 1.54) is 54.8 Å². The molecule has 0 aromatic carbocycles. The quantitative estimate of drug-likeness (QED) is 0.637. The largest absolute Gasteiger partial charge is 0.212 e. The van der Waals surface area contributed by atoms with Crippen molar-refractivity contribution < 1.29 is 0 Å². The molecule has 0 nitrogen and oxygen atoms in total. The Hall–Kier alpha value is 0.532.